The van der Waals surface area contributed by atoms with Crippen LogP contribution in [-0.2, 0) is 4.79 Å². The largest absolute Gasteiger partial charge is 0.478 e. The predicted octanol–water partition coefficient (Wildman–Crippen LogP) is 1.88. The highest BCUT2D eigenvalue weighted by Crippen LogP contribution is 2.26. The van der Waals surface area contributed by atoms with Crippen LogP contribution in [0.4, 0.5) is 0 Å². The van der Waals surface area contributed by atoms with E-state index in [1.807, 2.05) is 4.90 Å². The maximum Gasteiger partial charge on any atom is 0.338 e. The Morgan fingerprint density at radius 1 is 1.42 bits per heavy atom. The monoisotopic (exact) mass is 280 g/mol. The normalized spacial score (nSPS) is 16.4. The summed E-state index contributed by atoms with van der Waals surface area (Å²) in [5.74, 6) is -0.957. The maximum absolute atomic E-state index is 12.2. The molecule has 1 unspecified atom stereocenters. The number of aromatic nitrogens is 1. The molecule has 0 aliphatic carbocycles. The van der Waals surface area contributed by atoms with Crippen molar-refractivity contribution in [1.29, 1.82) is 0 Å². The van der Waals surface area contributed by atoms with Crippen LogP contribution in [-0.4, -0.2) is 45.2 Å². The van der Waals surface area contributed by atoms with E-state index >= 15 is 0 Å². The van der Waals surface area contributed by atoms with E-state index in [0.29, 0.717) is 5.03 Å². The number of thioether (sulfide) groups is 1. The molecule has 5 nitrogen and oxygen atoms in total. The van der Waals surface area contributed by atoms with Crippen molar-refractivity contribution >= 4 is 23.6 Å². The van der Waals surface area contributed by atoms with E-state index in [0.717, 1.165) is 25.9 Å². The fourth-order valence-electron chi connectivity index (χ4n) is 2.06. The number of hydrogen-bond acceptors (Lipinski definition) is 4. The van der Waals surface area contributed by atoms with Crippen molar-refractivity contribution in [1.82, 2.24) is 9.88 Å². The average molecular weight is 280 g/mol. The van der Waals surface area contributed by atoms with E-state index in [1.54, 1.807) is 19.2 Å². The molecule has 0 bridgehead atoms. The summed E-state index contributed by atoms with van der Waals surface area (Å²) in [5.41, 5.74) is 0.147. The summed E-state index contributed by atoms with van der Waals surface area (Å²) >= 11 is 1.21. The number of hydrogen-bond donors (Lipinski definition) is 1. The quantitative estimate of drug-likeness (QED) is 0.853. The van der Waals surface area contributed by atoms with Crippen LogP contribution in [0.15, 0.2) is 23.4 Å². The molecule has 2 heterocycles. The zero-order valence-corrected chi connectivity index (χ0v) is 11.5. The number of carbonyl (C=O) groups excluding carboxylic acids is 1. The van der Waals surface area contributed by atoms with Crippen molar-refractivity contribution in [2.24, 2.45) is 0 Å². The molecule has 19 heavy (non-hydrogen) atoms. The number of carbonyl (C=O) groups is 2. The van der Waals surface area contributed by atoms with Crippen LogP contribution in [0.2, 0.25) is 0 Å². The van der Waals surface area contributed by atoms with Crippen molar-refractivity contribution < 1.29 is 14.7 Å². The summed E-state index contributed by atoms with van der Waals surface area (Å²) in [6, 6.07) is 3.09. The third kappa shape index (κ3) is 3.26. The van der Waals surface area contributed by atoms with Gasteiger partial charge in [0, 0.05) is 19.3 Å². The Labute approximate surface area is 116 Å². The number of carboxylic acid groups (broad SMARTS) is 1. The van der Waals surface area contributed by atoms with Crippen molar-refractivity contribution in [2.75, 3.05) is 13.1 Å². The molecular formula is C13H16N2O3S. The van der Waals surface area contributed by atoms with Gasteiger partial charge in [-0.25, -0.2) is 9.78 Å². The summed E-state index contributed by atoms with van der Waals surface area (Å²) < 4.78 is 0. The van der Waals surface area contributed by atoms with Gasteiger partial charge in [0.1, 0.15) is 5.03 Å². The lowest BCUT2D eigenvalue weighted by Crippen LogP contribution is -2.34. The molecule has 1 amide bonds. The van der Waals surface area contributed by atoms with E-state index in [-0.39, 0.29) is 16.7 Å². The van der Waals surface area contributed by atoms with E-state index in [4.69, 9.17) is 5.11 Å². The third-order valence-corrected chi connectivity index (χ3v) is 4.16. The first kappa shape index (κ1) is 13.9. The van der Waals surface area contributed by atoms with Gasteiger partial charge < -0.3 is 10.0 Å². The SMILES string of the molecule is CC(Sc1ncccc1C(=O)O)C(=O)N1CCCC1. The smallest absolute Gasteiger partial charge is 0.338 e. The van der Waals surface area contributed by atoms with Crippen molar-refractivity contribution in [3.63, 3.8) is 0 Å². The second-order valence-electron chi connectivity index (χ2n) is 4.45. The van der Waals surface area contributed by atoms with E-state index in [2.05, 4.69) is 4.98 Å². The zero-order valence-electron chi connectivity index (χ0n) is 10.7. The Kier molecular flexibility index (Phi) is 4.42. The molecule has 1 fully saturated rings. The first-order valence-electron chi connectivity index (χ1n) is 6.23. The van der Waals surface area contributed by atoms with Gasteiger partial charge >= 0.3 is 5.97 Å². The van der Waals surface area contributed by atoms with Crippen LogP contribution in [0.1, 0.15) is 30.1 Å². The first-order chi connectivity index (χ1) is 9.09. The molecule has 1 atom stereocenters. The number of likely N-dealkylation sites (tertiary alicyclic amines) is 1. The number of amides is 1. The second-order valence-corrected chi connectivity index (χ2v) is 5.78. The van der Waals surface area contributed by atoms with Crippen LogP contribution in [0, 0.1) is 0 Å². The minimum absolute atomic E-state index is 0.0597. The maximum atomic E-state index is 12.2. The van der Waals surface area contributed by atoms with Crippen LogP contribution < -0.4 is 0 Å². The molecule has 0 aromatic carbocycles. The van der Waals surface area contributed by atoms with Crippen LogP contribution in [0.5, 0.6) is 0 Å². The van der Waals surface area contributed by atoms with Gasteiger partial charge in [0.2, 0.25) is 5.91 Å². The summed E-state index contributed by atoms with van der Waals surface area (Å²) in [4.78, 5) is 29.1. The van der Waals surface area contributed by atoms with Gasteiger partial charge in [-0.15, -0.1) is 0 Å². The molecule has 0 saturated carbocycles. The highest BCUT2D eigenvalue weighted by molar-refractivity contribution is 8.00. The highest BCUT2D eigenvalue weighted by atomic mass is 32.2. The third-order valence-electron chi connectivity index (χ3n) is 3.06. The van der Waals surface area contributed by atoms with Crippen molar-refractivity contribution in [3.05, 3.63) is 23.9 Å². The summed E-state index contributed by atoms with van der Waals surface area (Å²) in [6.07, 6.45) is 3.64. The van der Waals surface area contributed by atoms with Gasteiger partial charge in [-0.05, 0) is 31.9 Å². The number of pyridine rings is 1. The molecule has 1 saturated heterocycles. The van der Waals surface area contributed by atoms with Crippen LogP contribution in [0.25, 0.3) is 0 Å². The first-order valence-corrected chi connectivity index (χ1v) is 7.11. The van der Waals surface area contributed by atoms with Gasteiger partial charge in [0.25, 0.3) is 0 Å². The van der Waals surface area contributed by atoms with Gasteiger partial charge in [-0.1, -0.05) is 11.8 Å². The summed E-state index contributed by atoms with van der Waals surface area (Å²) in [5, 5.41) is 9.16. The Morgan fingerprint density at radius 2 is 2.11 bits per heavy atom. The zero-order chi connectivity index (χ0) is 13.8. The standard InChI is InChI=1S/C13H16N2O3S/c1-9(12(16)15-7-2-3-8-15)19-11-10(13(17)18)5-4-6-14-11/h4-6,9H,2-3,7-8H2,1H3,(H,17,18). The van der Waals surface area contributed by atoms with E-state index in [1.165, 1.54) is 17.8 Å². The number of carboxylic acids is 1. The average Bonchev–Trinajstić information content (AvgIpc) is 2.92. The number of aromatic carboxylic acids is 1. The minimum atomic E-state index is -1.02. The molecular weight excluding hydrogens is 264 g/mol. The lowest BCUT2D eigenvalue weighted by atomic mass is 10.3. The molecule has 1 aliphatic heterocycles. The van der Waals surface area contributed by atoms with Crippen LogP contribution in [0.3, 0.4) is 0 Å². The molecule has 1 aromatic heterocycles. The Bertz CT molecular complexity index is 487. The predicted molar refractivity (Wildman–Crippen MR) is 72.3 cm³/mol. The molecule has 102 valence electrons. The fourth-order valence-corrected chi connectivity index (χ4v) is 3.05. The Balaban J connectivity index is 2.08. The molecule has 1 aromatic rings. The lowest BCUT2D eigenvalue weighted by molar-refractivity contribution is -0.129. The topological polar surface area (TPSA) is 70.5 Å². The Hall–Kier alpha value is -1.56. The molecule has 1 N–H and O–H groups in total. The van der Waals surface area contributed by atoms with Gasteiger partial charge in [0.05, 0.1) is 10.8 Å². The fraction of sp³-hybridized carbons (Fsp3) is 0.462. The van der Waals surface area contributed by atoms with Gasteiger partial charge in [-0.2, -0.15) is 0 Å². The van der Waals surface area contributed by atoms with E-state index in [9.17, 15) is 9.59 Å². The van der Waals surface area contributed by atoms with Gasteiger partial charge in [0.15, 0.2) is 0 Å². The Morgan fingerprint density at radius 3 is 2.74 bits per heavy atom. The van der Waals surface area contributed by atoms with E-state index < -0.39 is 5.97 Å². The summed E-state index contributed by atoms with van der Waals surface area (Å²) in [6.45, 7) is 3.40. The number of nitrogens with zero attached hydrogens (tertiary/aromatic N) is 2. The van der Waals surface area contributed by atoms with Crippen molar-refractivity contribution in [3.8, 4) is 0 Å². The molecule has 2 rings (SSSR count). The minimum Gasteiger partial charge on any atom is -0.478 e. The molecule has 0 spiro atoms. The van der Waals surface area contributed by atoms with Crippen molar-refractivity contribution in [2.45, 2.75) is 30.0 Å². The van der Waals surface area contributed by atoms with Gasteiger partial charge in [-0.3, -0.25) is 4.79 Å². The second kappa shape index (κ2) is 6.06. The highest BCUT2D eigenvalue weighted by Gasteiger charge is 2.25. The summed E-state index contributed by atoms with van der Waals surface area (Å²) in [7, 11) is 0. The molecule has 1 aliphatic rings. The molecule has 6 heteroatoms. The molecule has 0 radical (unpaired) electrons. The number of rotatable bonds is 4. The lowest BCUT2D eigenvalue weighted by Gasteiger charge is -2.19. The van der Waals surface area contributed by atoms with Crippen LogP contribution >= 0.6 is 11.8 Å².